The van der Waals surface area contributed by atoms with Crippen molar-refractivity contribution < 1.29 is 33.0 Å². The number of aromatic nitrogens is 2. The van der Waals surface area contributed by atoms with Crippen LogP contribution in [0.15, 0.2) is 91.9 Å². The maximum Gasteiger partial charge on any atom is 0.345 e. The third-order valence-corrected chi connectivity index (χ3v) is 14.4. The summed E-state index contributed by atoms with van der Waals surface area (Å²) in [6.45, 7) is 8.05. The summed E-state index contributed by atoms with van der Waals surface area (Å²) in [4.78, 5) is 56.8. The van der Waals surface area contributed by atoms with E-state index in [1.54, 1.807) is 6.92 Å². The minimum atomic E-state index is -2.99. The number of rotatable bonds is 9. The van der Waals surface area contributed by atoms with E-state index in [2.05, 4.69) is 55.0 Å². The maximum absolute atomic E-state index is 12.9. The normalized spacial score (nSPS) is 19.9. The van der Waals surface area contributed by atoms with E-state index in [1.807, 2.05) is 36.4 Å². The molecule has 2 aliphatic rings. The van der Waals surface area contributed by atoms with Crippen LogP contribution >= 0.6 is 11.8 Å². The van der Waals surface area contributed by atoms with E-state index in [0.29, 0.717) is 5.56 Å². The van der Waals surface area contributed by atoms with Gasteiger partial charge in [0.15, 0.2) is 0 Å². The van der Waals surface area contributed by atoms with Crippen LogP contribution in [0.1, 0.15) is 39.0 Å². The minimum Gasteiger partial charge on any atom is -0.466 e. The van der Waals surface area contributed by atoms with Crippen molar-refractivity contribution in [1.82, 2.24) is 9.55 Å². The molecule has 2 aliphatic heterocycles. The molecule has 48 heavy (non-hydrogen) atoms. The van der Waals surface area contributed by atoms with Crippen LogP contribution in [-0.2, 0) is 33.0 Å². The monoisotopic (exact) mass is 693 g/mol. The first-order valence-electron chi connectivity index (χ1n) is 15.4. The Hall–Kier alpha value is -4.24. The molecule has 5 rings (SSSR count). The second-order valence-electron chi connectivity index (χ2n) is 12.4. The first-order valence-corrected chi connectivity index (χ1v) is 18.1. The van der Waals surface area contributed by atoms with E-state index in [1.165, 1.54) is 25.0 Å². The fraction of sp³-hybridized carbons (Fsp3) is 0.382. The highest BCUT2D eigenvalue weighted by molar-refractivity contribution is 8.17. The molecule has 2 aromatic carbocycles. The largest absolute Gasteiger partial charge is 0.466 e. The summed E-state index contributed by atoms with van der Waals surface area (Å²) in [5.41, 5.74) is -0.696. The molecule has 12 nitrogen and oxygen atoms in total. The van der Waals surface area contributed by atoms with Crippen LogP contribution < -0.4 is 21.6 Å². The second kappa shape index (κ2) is 14.5. The molecule has 1 aromatic heterocycles. The Balaban J connectivity index is 1.51. The number of esters is 2. The van der Waals surface area contributed by atoms with Gasteiger partial charge in [0.2, 0.25) is 0 Å². The molecule has 1 fully saturated rings. The molecule has 0 unspecified atom stereocenters. The zero-order valence-corrected chi connectivity index (χ0v) is 29.5. The predicted molar refractivity (Wildman–Crippen MR) is 184 cm³/mol. The van der Waals surface area contributed by atoms with Crippen molar-refractivity contribution in [3.8, 4) is 0 Å². The van der Waals surface area contributed by atoms with Gasteiger partial charge in [-0.05, 0) is 34.1 Å². The summed E-state index contributed by atoms with van der Waals surface area (Å²) in [5.74, 6) is -1.42. The summed E-state index contributed by atoms with van der Waals surface area (Å²) >= 11 is 0.859. The molecule has 0 saturated carbocycles. The van der Waals surface area contributed by atoms with Crippen molar-refractivity contribution >= 4 is 47.6 Å². The number of thioether (sulfide) groups is 1. The highest BCUT2D eigenvalue weighted by Crippen LogP contribution is 2.39. The highest BCUT2D eigenvalue weighted by atomic mass is 32.2. The number of methoxy groups -OCH3 is 2. The maximum atomic E-state index is 12.9. The molecular formula is C34H39N3O9SSi. The number of hydrogen-bond donors (Lipinski definition) is 1. The fourth-order valence-corrected chi connectivity index (χ4v) is 11.5. The third-order valence-electron chi connectivity index (χ3n) is 8.40. The molecule has 254 valence electrons. The molecule has 1 saturated heterocycles. The van der Waals surface area contributed by atoms with Crippen molar-refractivity contribution in [1.29, 1.82) is 0 Å². The molecule has 0 bridgehead atoms. The molecule has 0 aliphatic carbocycles. The van der Waals surface area contributed by atoms with Gasteiger partial charge in [0.05, 0.1) is 32.9 Å². The Kier molecular flexibility index (Phi) is 10.6. The summed E-state index contributed by atoms with van der Waals surface area (Å²) in [6, 6.07) is 20.3. The second-order valence-corrected chi connectivity index (χ2v) is 17.7. The van der Waals surface area contributed by atoms with Crippen LogP contribution in [0, 0.1) is 6.92 Å². The van der Waals surface area contributed by atoms with Gasteiger partial charge in [0.25, 0.3) is 19.1 Å². The number of hydrogen-bond acceptors (Lipinski definition) is 11. The van der Waals surface area contributed by atoms with Crippen LogP contribution in [0.5, 0.6) is 0 Å². The first kappa shape index (κ1) is 35.1. The Morgan fingerprint density at radius 3 is 2.17 bits per heavy atom. The zero-order chi connectivity index (χ0) is 34.6. The number of nitrogens with zero attached hydrogens (tertiary/aromatic N) is 2. The number of ether oxygens (including phenoxy) is 4. The van der Waals surface area contributed by atoms with Crippen LogP contribution in [0.2, 0.25) is 5.04 Å². The topological polar surface area (TPSA) is 148 Å². The number of aliphatic imine (C=N–C) groups is 1. The summed E-state index contributed by atoms with van der Waals surface area (Å²) in [7, 11) is -0.555. The van der Waals surface area contributed by atoms with Gasteiger partial charge in [0, 0.05) is 18.2 Å². The number of carbonyl (C=O) groups is 2. The van der Waals surface area contributed by atoms with Gasteiger partial charge < -0.3 is 23.4 Å². The average molecular weight is 694 g/mol. The van der Waals surface area contributed by atoms with E-state index < -0.39 is 49.9 Å². The van der Waals surface area contributed by atoms with Crippen molar-refractivity contribution in [3.05, 3.63) is 104 Å². The number of aromatic amines is 1. The van der Waals surface area contributed by atoms with E-state index in [9.17, 15) is 19.2 Å². The molecule has 14 heteroatoms. The smallest absolute Gasteiger partial charge is 0.345 e. The summed E-state index contributed by atoms with van der Waals surface area (Å²) in [5, 5.41) is 1.97. The lowest BCUT2D eigenvalue weighted by Gasteiger charge is -2.43. The van der Waals surface area contributed by atoms with Gasteiger partial charge in [-0.25, -0.2) is 19.4 Å². The molecule has 3 heterocycles. The van der Waals surface area contributed by atoms with E-state index in [-0.39, 0.29) is 40.3 Å². The SMILES string of the molecule is COC(=O)C1=C(C(=O)OC)SC(O[C@H]2C[C@H](n3cc(C)c(=O)[nH]c3=O)O[C@@H]2CO[Si](c2ccccc2)(c2ccccc2)C(C)(C)C)=NC1. The van der Waals surface area contributed by atoms with Gasteiger partial charge in [-0.2, -0.15) is 0 Å². The molecule has 0 radical (unpaired) electrons. The van der Waals surface area contributed by atoms with Crippen molar-refractivity contribution in [2.75, 3.05) is 27.4 Å². The quantitative estimate of drug-likeness (QED) is 0.262. The summed E-state index contributed by atoms with van der Waals surface area (Å²) < 4.78 is 31.2. The zero-order valence-electron chi connectivity index (χ0n) is 27.7. The number of benzene rings is 2. The van der Waals surface area contributed by atoms with Gasteiger partial charge in [-0.1, -0.05) is 81.4 Å². The molecule has 3 atom stereocenters. The number of carbonyl (C=O) groups excluding carboxylic acids is 2. The Morgan fingerprint density at radius 1 is 1.00 bits per heavy atom. The van der Waals surface area contributed by atoms with Gasteiger partial charge in [-0.3, -0.25) is 14.3 Å². The lowest BCUT2D eigenvalue weighted by Crippen LogP contribution is -2.67. The lowest BCUT2D eigenvalue weighted by molar-refractivity contribution is -0.138. The van der Waals surface area contributed by atoms with E-state index in [0.717, 1.165) is 22.1 Å². The van der Waals surface area contributed by atoms with Crippen molar-refractivity contribution in [3.63, 3.8) is 0 Å². The van der Waals surface area contributed by atoms with Crippen molar-refractivity contribution in [2.45, 2.75) is 57.6 Å². The van der Waals surface area contributed by atoms with Crippen LogP contribution in [-0.4, -0.2) is 74.6 Å². The van der Waals surface area contributed by atoms with E-state index >= 15 is 0 Å². The highest BCUT2D eigenvalue weighted by Gasteiger charge is 2.51. The predicted octanol–water partition coefficient (Wildman–Crippen LogP) is 2.80. The molecular weight excluding hydrogens is 655 g/mol. The molecule has 0 amide bonds. The fourth-order valence-electron chi connectivity index (χ4n) is 6.04. The van der Waals surface area contributed by atoms with Crippen molar-refractivity contribution in [2.24, 2.45) is 4.99 Å². The van der Waals surface area contributed by atoms with Crippen LogP contribution in [0.3, 0.4) is 0 Å². The molecule has 0 spiro atoms. The Morgan fingerprint density at radius 2 is 1.60 bits per heavy atom. The van der Waals surface area contributed by atoms with Gasteiger partial charge in [-0.15, -0.1) is 0 Å². The van der Waals surface area contributed by atoms with Gasteiger partial charge >= 0.3 is 17.6 Å². The Bertz CT molecular complexity index is 1790. The lowest BCUT2D eigenvalue weighted by atomic mass is 10.2. The molecule has 3 aromatic rings. The number of H-pyrrole nitrogens is 1. The van der Waals surface area contributed by atoms with Gasteiger partial charge in [0.1, 0.15) is 23.3 Å². The van der Waals surface area contributed by atoms with E-state index in [4.69, 9.17) is 23.4 Å². The standard InChI is InChI=1S/C34H39N3O9SSi/c1-21-19-37(32(41)36-29(21)38)27-17-25(46-33-35-18-24(30(39)42-5)28(47-33)31(40)43-6)26(45-27)20-44-48(34(2,3)4,22-13-9-7-10-14-22)23-15-11-8-12-16-23/h7-16,19,25-27H,17-18,20H2,1-6H3,(H,36,38,41)/t25-,26+,27+/m0/s1. The minimum absolute atomic E-state index is 0.0115. The van der Waals surface area contributed by atoms with Crippen LogP contribution in [0.4, 0.5) is 0 Å². The summed E-state index contributed by atoms with van der Waals surface area (Å²) in [6.07, 6.45) is -0.548. The number of aryl methyl sites for hydroxylation is 1. The average Bonchev–Trinajstić information content (AvgIpc) is 3.48. The number of nitrogens with one attached hydrogen (secondary N) is 1. The molecule has 1 N–H and O–H groups in total. The first-order chi connectivity index (χ1) is 22.9. The van der Waals surface area contributed by atoms with Crippen LogP contribution in [0.25, 0.3) is 0 Å². The Labute approximate surface area is 283 Å². The third kappa shape index (κ3) is 6.97.